The first-order valence-corrected chi connectivity index (χ1v) is 6.35. The molecule has 0 bridgehead atoms. The Balaban J connectivity index is 2.09. The Kier molecular flexibility index (Phi) is 3.20. The van der Waals surface area contributed by atoms with E-state index in [-0.39, 0.29) is 6.01 Å². The van der Waals surface area contributed by atoms with Crippen LogP contribution in [-0.2, 0) is 0 Å². The molecule has 0 saturated carbocycles. The van der Waals surface area contributed by atoms with Gasteiger partial charge < -0.3 is 14.5 Å². The predicted octanol–water partition coefficient (Wildman–Crippen LogP) is 2.73. The van der Waals surface area contributed by atoms with Crippen molar-refractivity contribution in [1.82, 2.24) is 15.0 Å². The van der Waals surface area contributed by atoms with Gasteiger partial charge in [-0.2, -0.15) is 15.0 Å². The second-order valence-electron chi connectivity index (χ2n) is 4.10. The van der Waals surface area contributed by atoms with Gasteiger partial charge in [-0.1, -0.05) is 18.2 Å². The first-order chi connectivity index (χ1) is 9.80. The summed E-state index contributed by atoms with van der Waals surface area (Å²) in [6.45, 7) is 2.37. The van der Waals surface area contributed by atoms with E-state index in [2.05, 4.69) is 20.3 Å². The fourth-order valence-corrected chi connectivity index (χ4v) is 1.86. The Hall–Kier alpha value is -2.63. The molecule has 0 spiro atoms. The summed E-state index contributed by atoms with van der Waals surface area (Å²) in [5.74, 6) is 1.48. The monoisotopic (exact) mass is 270 g/mol. The lowest BCUT2D eigenvalue weighted by Crippen LogP contribution is -2.04. The van der Waals surface area contributed by atoms with E-state index in [0.717, 1.165) is 11.0 Å². The summed E-state index contributed by atoms with van der Waals surface area (Å²) in [5.41, 5.74) is 0.798. The molecule has 20 heavy (non-hydrogen) atoms. The normalized spacial score (nSPS) is 10.7. The summed E-state index contributed by atoms with van der Waals surface area (Å²) in [6, 6.07) is 9.95. The van der Waals surface area contributed by atoms with Crippen molar-refractivity contribution in [3.63, 3.8) is 0 Å². The van der Waals surface area contributed by atoms with Crippen LogP contribution in [0.2, 0.25) is 0 Å². The molecule has 0 aliphatic carbocycles. The number of benzene rings is 1. The molecule has 0 fully saturated rings. The molecule has 1 aromatic carbocycles. The number of rotatable bonds is 4. The van der Waals surface area contributed by atoms with Gasteiger partial charge in [-0.05, 0) is 19.1 Å². The summed E-state index contributed by atoms with van der Waals surface area (Å²) in [7, 11) is 1.74. The van der Waals surface area contributed by atoms with Crippen LogP contribution in [0.4, 0.5) is 5.95 Å². The molecule has 2 heterocycles. The van der Waals surface area contributed by atoms with Gasteiger partial charge >= 0.3 is 6.01 Å². The third-order valence-corrected chi connectivity index (χ3v) is 2.76. The van der Waals surface area contributed by atoms with Crippen molar-refractivity contribution in [2.75, 3.05) is 19.0 Å². The van der Waals surface area contributed by atoms with Gasteiger partial charge in [-0.3, -0.25) is 0 Å². The fraction of sp³-hybridized carbons (Fsp3) is 0.214. The number of hydrogen-bond acceptors (Lipinski definition) is 6. The van der Waals surface area contributed by atoms with Crippen molar-refractivity contribution in [2.45, 2.75) is 6.92 Å². The largest absolute Gasteiger partial charge is 0.464 e. The SMILES string of the molecule is CCOc1nc(NC)nc(-c2cc3ccccc3o2)n1. The van der Waals surface area contributed by atoms with Crippen LogP contribution in [-0.4, -0.2) is 28.6 Å². The molecule has 0 atom stereocenters. The highest BCUT2D eigenvalue weighted by Gasteiger charge is 2.12. The van der Waals surface area contributed by atoms with E-state index in [4.69, 9.17) is 9.15 Å². The Morgan fingerprint density at radius 1 is 1.20 bits per heavy atom. The van der Waals surface area contributed by atoms with Gasteiger partial charge in [0.25, 0.3) is 0 Å². The molecule has 102 valence electrons. The number of fused-ring (bicyclic) bond motifs is 1. The number of ether oxygens (including phenoxy) is 1. The van der Waals surface area contributed by atoms with Crippen LogP contribution in [0, 0.1) is 0 Å². The number of nitrogens with zero attached hydrogens (tertiary/aromatic N) is 3. The Morgan fingerprint density at radius 3 is 2.80 bits per heavy atom. The summed E-state index contributed by atoms with van der Waals surface area (Å²) in [5, 5.41) is 3.89. The lowest BCUT2D eigenvalue weighted by Gasteiger charge is -2.04. The summed E-state index contributed by atoms with van der Waals surface area (Å²) >= 11 is 0. The second kappa shape index (κ2) is 5.16. The minimum absolute atomic E-state index is 0.280. The maximum Gasteiger partial charge on any atom is 0.321 e. The van der Waals surface area contributed by atoms with Gasteiger partial charge in [-0.15, -0.1) is 0 Å². The Bertz CT molecular complexity index is 706. The lowest BCUT2D eigenvalue weighted by molar-refractivity contribution is 0.312. The topological polar surface area (TPSA) is 73.1 Å². The van der Waals surface area contributed by atoms with E-state index in [1.54, 1.807) is 7.05 Å². The van der Waals surface area contributed by atoms with E-state index in [1.807, 2.05) is 37.3 Å². The van der Waals surface area contributed by atoms with Crippen molar-refractivity contribution in [1.29, 1.82) is 0 Å². The predicted molar refractivity (Wildman–Crippen MR) is 75.8 cm³/mol. The van der Waals surface area contributed by atoms with E-state index in [1.165, 1.54) is 0 Å². The quantitative estimate of drug-likeness (QED) is 0.785. The second-order valence-corrected chi connectivity index (χ2v) is 4.10. The molecule has 1 N–H and O–H groups in total. The highest BCUT2D eigenvalue weighted by Crippen LogP contribution is 2.26. The van der Waals surface area contributed by atoms with Crippen molar-refractivity contribution >= 4 is 16.9 Å². The third-order valence-electron chi connectivity index (χ3n) is 2.76. The number of aromatic nitrogens is 3. The summed E-state index contributed by atoms with van der Waals surface area (Å²) < 4.78 is 11.1. The zero-order valence-corrected chi connectivity index (χ0v) is 11.3. The van der Waals surface area contributed by atoms with Crippen LogP contribution in [0.1, 0.15) is 6.92 Å². The average molecular weight is 270 g/mol. The number of hydrogen-bond donors (Lipinski definition) is 1. The maximum atomic E-state index is 5.75. The molecule has 0 aliphatic heterocycles. The van der Waals surface area contributed by atoms with Gasteiger partial charge in [0.1, 0.15) is 5.58 Å². The first kappa shape index (κ1) is 12.4. The Labute approximate surface area is 115 Å². The molecular weight excluding hydrogens is 256 g/mol. The van der Waals surface area contributed by atoms with Gasteiger partial charge in [0.2, 0.25) is 11.8 Å². The number of furan rings is 1. The minimum Gasteiger partial charge on any atom is -0.464 e. The Morgan fingerprint density at radius 2 is 2.05 bits per heavy atom. The molecule has 0 unspecified atom stereocenters. The van der Waals surface area contributed by atoms with E-state index < -0.39 is 0 Å². The molecule has 2 aromatic heterocycles. The molecule has 0 amide bonds. The molecule has 0 aliphatic rings. The fourth-order valence-electron chi connectivity index (χ4n) is 1.86. The van der Waals surface area contributed by atoms with Gasteiger partial charge in [0, 0.05) is 12.4 Å². The molecule has 3 rings (SSSR count). The smallest absolute Gasteiger partial charge is 0.321 e. The molecule has 3 aromatic rings. The number of para-hydroxylation sites is 1. The number of nitrogens with one attached hydrogen (secondary N) is 1. The van der Waals surface area contributed by atoms with Crippen LogP contribution in [0.25, 0.3) is 22.6 Å². The van der Waals surface area contributed by atoms with Crippen molar-refractivity contribution in [3.05, 3.63) is 30.3 Å². The molecular formula is C14H14N4O2. The van der Waals surface area contributed by atoms with E-state index in [0.29, 0.717) is 24.1 Å². The van der Waals surface area contributed by atoms with Crippen LogP contribution in [0.15, 0.2) is 34.7 Å². The standard InChI is InChI=1S/C14H14N4O2/c1-3-19-14-17-12(16-13(15-2)18-14)11-8-9-6-4-5-7-10(9)20-11/h4-8H,3H2,1-2H3,(H,15,16,17,18). The van der Waals surface area contributed by atoms with Crippen LogP contribution in [0.5, 0.6) is 6.01 Å². The molecule has 6 nitrogen and oxygen atoms in total. The summed E-state index contributed by atoms with van der Waals surface area (Å²) in [4.78, 5) is 12.7. The van der Waals surface area contributed by atoms with Crippen molar-refractivity contribution in [3.8, 4) is 17.6 Å². The van der Waals surface area contributed by atoms with Crippen molar-refractivity contribution < 1.29 is 9.15 Å². The molecule has 6 heteroatoms. The molecule has 0 saturated heterocycles. The van der Waals surface area contributed by atoms with Gasteiger partial charge in [0.05, 0.1) is 6.61 Å². The highest BCUT2D eigenvalue weighted by atomic mass is 16.5. The summed E-state index contributed by atoms with van der Waals surface area (Å²) in [6.07, 6.45) is 0. The average Bonchev–Trinajstić information content (AvgIpc) is 2.91. The van der Waals surface area contributed by atoms with Crippen LogP contribution >= 0.6 is 0 Å². The molecule has 0 radical (unpaired) electrons. The van der Waals surface area contributed by atoms with Gasteiger partial charge in [-0.25, -0.2) is 0 Å². The van der Waals surface area contributed by atoms with E-state index >= 15 is 0 Å². The lowest BCUT2D eigenvalue weighted by atomic mass is 10.2. The first-order valence-electron chi connectivity index (χ1n) is 6.35. The maximum absolute atomic E-state index is 5.75. The number of anilines is 1. The van der Waals surface area contributed by atoms with Crippen LogP contribution < -0.4 is 10.1 Å². The van der Waals surface area contributed by atoms with E-state index in [9.17, 15) is 0 Å². The third kappa shape index (κ3) is 2.27. The van der Waals surface area contributed by atoms with Gasteiger partial charge in [0.15, 0.2) is 5.76 Å². The van der Waals surface area contributed by atoms with Crippen LogP contribution in [0.3, 0.4) is 0 Å². The minimum atomic E-state index is 0.280. The van der Waals surface area contributed by atoms with Crippen molar-refractivity contribution in [2.24, 2.45) is 0 Å². The zero-order valence-electron chi connectivity index (χ0n) is 11.3. The highest BCUT2D eigenvalue weighted by molar-refractivity contribution is 5.81. The zero-order chi connectivity index (χ0) is 13.9.